The molecule has 1 aliphatic heterocycles. The highest BCUT2D eigenvalue weighted by Crippen LogP contribution is 2.48. The fourth-order valence-corrected chi connectivity index (χ4v) is 4.16. The van der Waals surface area contributed by atoms with Gasteiger partial charge in [-0.1, -0.05) is 42.0 Å². The summed E-state index contributed by atoms with van der Waals surface area (Å²) in [5.41, 5.74) is -3.21. The molecule has 1 atom stereocenters. The van der Waals surface area contributed by atoms with Crippen LogP contribution in [0.2, 0.25) is 0 Å². The third-order valence-electron chi connectivity index (χ3n) is 6.12. The Morgan fingerprint density at radius 3 is 2.14 bits per heavy atom. The molecule has 200 valence electrons. The van der Waals surface area contributed by atoms with Gasteiger partial charge in [-0.25, -0.2) is 4.79 Å². The van der Waals surface area contributed by atoms with Crippen LogP contribution in [0.25, 0.3) is 5.57 Å². The SMILES string of the molecule is Cc1ccc(C2=C(C(=O)O)C(=O)N[C@@](c3ccc(OCCCCCC(F)(F)F)cc3)(C(F)(F)F)C2)cc1. The Morgan fingerprint density at radius 2 is 1.59 bits per heavy atom. The summed E-state index contributed by atoms with van der Waals surface area (Å²) in [6.07, 6.45) is -10.4. The summed E-state index contributed by atoms with van der Waals surface area (Å²) in [5.74, 6) is -2.78. The summed E-state index contributed by atoms with van der Waals surface area (Å²) in [5, 5.41) is 11.5. The van der Waals surface area contributed by atoms with Crippen LogP contribution in [0.4, 0.5) is 26.3 Å². The van der Waals surface area contributed by atoms with Crippen molar-refractivity contribution in [1.29, 1.82) is 0 Å². The maximum Gasteiger partial charge on any atom is 0.416 e. The van der Waals surface area contributed by atoms with Gasteiger partial charge in [-0.15, -0.1) is 0 Å². The Bertz CT molecular complexity index is 1150. The van der Waals surface area contributed by atoms with E-state index in [2.05, 4.69) is 0 Å². The number of hydrogen-bond acceptors (Lipinski definition) is 3. The van der Waals surface area contributed by atoms with Gasteiger partial charge in [-0.3, -0.25) is 4.79 Å². The first-order valence-electron chi connectivity index (χ1n) is 11.5. The molecule has 0 radical (unpaired) electrons. The molecular weight excluding hydrogens is 504 g/mol. The first-order chi connectivity index (χ1) is 17.2. The van der Waals surface area contributed by atoms with Crippen molar-refractivity contribution >= 4 is 17.4 Å². The second kappa shape index (κ2) is 10.9. The zero-order valence-electron chi connectivity index (χ0n) is 19.8. The van der Waals surface area contributed by atoms with Crippen LogP contribution in [0.3, 0.4) is 0 Å². The quantitative estimate of drug-likeness (QED) is 0.227. The smallest absolute Gasteiger partial charge is 0.416 e. The van der Waals surface area contributed by atoms with Crippen LogP contribution in [0.15, 0.2) is 54.1 Å². The number of aliphatic carboxylic acids is 1. The van der Waals surface area contributed by atoms with Gasteiger partial charge >= 0.3 is 18.3 Å². The third-order valence-corrected chi connectivity index (χ3v) is 6.12. The number of nitrogens with one attached hydrogen (secondary N) is 1. The summed E-state index contributed by atoms with van der Waals surface area (Å²) in [6.45, 7) is 1.84. The van der Waals surface area contributed by atoms with Crippen molar-refractivity contribution in [2.45, 2.75) is 56.9 Å². The minimum atomic E-state index is -4.98. The Hall–Kier alpha value is -3.50. The Kier molecular flexibility index (Phi) is 8.24. The first-order valence-corrected chi connectivity index (χ1v) is 11.5. The van der Waals surface area contributed by atoms with Crippen molar-refractivity contribution in [2.24, 2.45) is 0 Å². The molecular formula is C26H25F6NO4. The van der Waals surface area contributed by atoms with Crippen LogP contribution in [0, 0.1) is 6.92 Å². The van der Waals surface area contributed by atoms with E-state index in [1.54, 1.807) is 19.1 Å². The Morgan fingerprint density at radius 1 is 0.973 bits per heavy atom. The number of amides is 1. The number of rotatable bonds is 9. The Balaban J connectivity index is 1.85. The van der Waals surface area contributed by atoms with E-state index in [1.807, 2.05) is 5.32 Å². The summed E-state index contributed by atoms with van der Waals surface area (Å²) >= 11 is 0. The van der Waals surface area contributed by atoms with Crippen LogP contribution in [-0.2, 0) is 15.1 Å². The maximum atomic E-state index is 14.5. The van der Waals surface area contributed by atoms with Gasteiger partial charge in [-0.05, 0) is 55.0 Å². The zero-order chi connectivity index (χ0) is 27.4. The lowest BCUT2D eigenvalue weighted by molar-refractivity contribution is -0.202. The van der Waals surface area contributed by atoms with Crippen molar-refractivity contribution < 1.29 is 45.8 Å². The highest BCUT2D eigenvalue weighted by atomic mass is 19.4. The van der Waals surface area contributed by atoms with Crippen LogP contribution in [0.5, 0.6) is 5.75 Å². The third kappa shape index (κ3) is 6.64. The predicted octanol–water partition coefficient (Wildman–Crippen LogP) is 6.31. The molecule has 1 amide bonds. The van der Waals surface area contributed by atoms with E-state index in [4.69, 9.17) is 4.74 Å². The normalized spacial score (nSPS) is 18.5. The monoisotopic (exact) mass is 529 g/mol. The average Bonchev–Trinajstić information content (AvgIpc) is 2.80. The summed E-state index contributed by atoms with van der Waals surface area (Å²) in [6, 6.07) is 11.0. The van der Waals surface area contributed by atoms with Gasteiger partial charge in [0, 0.05) is 12.8 Å². The molecule has 3 rings (SSSR count). The van der Waals surface area contributed by atoms with E-state index in [9.17, 15) is 41.0 Å². The molecule has 1 aliphatic rings. The largest absolute Gasteiger partial charge is 0.494 e. The minimum absolute atomic E-state index is 0.0469. The van der Waals surface area contributed by atoms with Crippen LogP contribution < -0.4 is 10.1 Å². The molecule has 2 aromatic carbocycles. The number of carbonyl (C=O) groups excluding carboxylic acids is 1. The van der Waals surface area contributed by atoms with E-state index in [-0.39, 0.29) is 41.9 Å². The first kappa shape index (κ1) is 28.1. The fraction of sp³-hybridized carbons (Fsp3) is 0.385. The number of benzene rings is 2. The molecule has 0 aliphatic carbocycles. The number of alkyl halides is 6. The second-order valence-electron chi connectivity index (χ2n) is 8.86. The van der Waals surface area contributed by atoms with Gasteiger partial charge in [-0.2, -0.15) is 26.3 Å². The summed E-state index contributed by atoms with van der Waals surface area (Å²) in [7, 11) is 0. The maximum absolute atomic E-state index is 14.5. The van der Waals surface area contributed by atoms with Gasteiger partial charge in [0.2, 0.25) is 0 Å². The molecule has 2 aromatic rings. The number of aryl methyl sites for hydroxylation is 1. The van der Waals surface area contributed by atoms with Crippen molar-refractivity contribution in [3.05, 3.63) is 70.8 Å². The average molecular weight is 529 g/mol. The highest BCUT2D eigenvalue weighted by molar-refractivity contribution is 6.22. The Labute approximate surface area is 209 Å². The summed E-state index contributed by atoms with van der Waals surface area (Å²) in [4.78, 5) is 24.5. The number of hydrogen-bond donors (Lipinski definition) is 2. The van der Waals surface area contributed by atoms with E-state index in [0.717, 1.165) is 17.7 Å². The lowest BCUT2D eigenvalue weighted by Gasteiger charge is -2.41. The lowest BCUT2D eigenvalue weighted by Crippen LogP contribution is -2.59. The van der Waals surface area contributed by atoms with Gasteiger partial charge < -0.3 is 15.2 Å². The summed E-state index contributed by atoms with van der Waals surface area (Å²) < 4.78 is 85.6. The van der Waals surface area contributed by atoms with Gasteiger partial charge in [0.1, 0.15) is 11.3 Å². The molecule has 1 heterocycles. The molecule has 0 aromatic heterocycles. The number of halogens is 6. The number of unbranched alkanes of at least 4 members (excludes halogenated alkanes) is 2. The fourth-order valence-electron chi connectivity index (χ4n) is 4.16. The predicted molar refractivity (Wildman–Crippen MR) is 123 cm³/mol. The molecule has 37 heavy (non-hydrogen) atoms. The molecule has 0 bridgehead atoms. The van der Waals surface area contributed by atoms with Crippen molar-refractivity contribution in [3.63, 3.8) is 0 Å². The van der Waals surface area contributed by atoms with E-state index >= 15 is 0 Å². The van der Waals surface area contributed by atoms with E-state index in [0.29, 0.717) is 6.42 Å². The molecule has 5 nitrogen and oxygen atoms in total. The number of carbonyl (C=O) groups is 2. The van der Waals surface area contributed by atoms with E-state index in [1.165, 1.54) is 24.3 Å². The zero-order valence-corrected chi connectivity index (χ0v) is 19.8. The highest BCUT2D eigenvalue weighted by Gasteiger charge is 2.60. The molecule has 0 saturated carbocycles. The second-order valence-corrected chi connectivity index (χ2v) is 8.86. The van der Waals surface area contributed by atoms with Crippen molar-refractivity contribution in [1.82, 2.24) is 5.32 Å². The van der Waals surface area contributed by atoms with Gasteiger partial charge in [0.25, 0.3) is 5.91 Å². The molecule has 2 N–H and O–H groups in total. The van der Waals surface area contributed by atoms with Crippen molar-refractivity contribution in [2.75, 3.05) is 6.61 Å². The molecule has 0 spiro atoms. The molecule has 11 heteroatoms. The van der Waals surface area contributed by atoms with Crippen LogP contribution in [-0.4, -0.2) is 35.9 Å². The molecule has 0 unspecified atom stereocenters. The standard InChI is InChI=1S/C26H25F6NO4/c1-16-5-7-17(8-6-16)20-15-24(26(30,31)32,33-22(34)21(20)23(35)36)18-9-11-19(12-10-18)37-14-4-2-3-13-25(27,28)29/h5-12H,2-4,13-15H2,1H3,(H,33,34)(H,35,36)/t24-/m0/s1. The van der Waals surface area contributed by atoms with Crippen LogP contribution in [0.1, 0.15) is 48.8 Å². The van der Waals surface area contributed by atoms with Gasteiger partial charge in [0.15, 0.2) is 5.54 Å². The molecule has 0 fully saturated rings. The van der Waals surface area contributed by atoms with Gasteiger partial charge in [0.05, 0.1) is 6.61 Å². The van der Waals surface area contributed by atoms with Crippen molar-refractivity contribution in [3.8, 4) is 5.75 Å². The lowest BCUT2D eigenvalue weighted by atomic mass is 9.76. The number of ether oxygens (including phenoxy) is 1. The van der Waals surface area contributed by atoms with Crippen LogP contribution >= 0.6 is 0 Å². The molecule has 0 saturated heterocycles. The number of carboxylic acids is 1. The number of carboxylic acid groups (broad SMARTS) is 1. The minimum Gasteiger partial charge on any atom is -0.494 e. The topological polar surface area (TPSA) is 75.6 Å². The van der Waals surface area contributed by atoms with E-state index < -0.39 is 48.2 Å².